The largest absolute Gasteiger partial charge is 0.449 e. The van der Waals surface area contributed by atoms with E-state index in [1.807, 2.05) is 26.1 Å². The minimum Gasteiger partial charge on any atom is -0.449 e. The van der Waals surface area contributed by atoms with Crippen molar-refractivity contribution in [3.05, 3.63) is 17.8 Å². The molecule has 10 nitrogen and oxygen atoms in total. The fourth-order valence-electron chi connectivity index (χ4n) is 7.31. The summed E-state index contributed by atoms with van der Waals surface area (Å²) in [7, 11) is 0. The van der Waals surface area contributed by atoms with Crippen molar-refractivity contribution in [1.29, 1.82) is 5.26 Å². The number of primary amides is 1. The van der Waals surface area contributed by atoms with Gasteiger partial charge in [-0.3, -0.25) is 4.79 Å². The van der Waals surface area contributed by atoms with E-state index in [9.17, 15) is 9.59 Å². The van der Waals surface area contributed by atoms with Gasteiger partial charge in [0.25, 0.3) is 5.91 Å². The number of rotatable bonds is 8. The van der Waals surface area contributed by atoms with Crippen LogP contribution in [0.25, 0.3) is 6.20 Å². The van der Waals surface area contributed by atoms with Gasteiger partial charge in [-0.05, 0) is 55.3 Å². The van der Waals surface area contributed by atoms with Gasteiger partial charge >= 0.3 is 6.09 Å². The van der Waals surface area contributed by atoms with Crippen LogP contribution in [0, 0.1) is 39.9 Å². The highest BCUT2D eigenvalue weighted by Gasteiger charge is 2.56. The summed E-state index contributed by atoms with van der Waals surface area (Å²) in [5, 5.41) is 17.1. The molecule has 2 amide bonds. The second-order valence-electron chi connectivity index (χ2n) is 12.1. The number of morpholine rings is 1. The fourth-order valence-corrected chi connectivity index (χ4v) is 7.31. The average molecular weight is 511 g/mol. The van der Waals surface area contributed by atoms with E-state index >= 15 is 0 Å². The molecule has 200 valence electrons. The van der Waals surface area contributed by atoms with E-state index in [-0.39, 0.29) is 22.8 Å². The Morgan fingerprint density at radius 3 is 2.65 bits per heavy atom. The van der Waals surface area contributed by atoms with Gasteiger partial charge in [0, 0.05) is 37.2 Å². The Balaban J connectivity index is 1.35. The van der Waals surface area contributed by atoms with Crippen LogP contribution in [-0.4, -0.2) is 60.7 Å². The number of hydrogen-bond donors (Lipinski definition) is 2. The summed E-state index contributed by atoms with van der Waals surface area (Å²) in [4.78, 5) is 27.2. The highest BCUT2D eigenvalue weighted by molar-refractivity contribution is 5.99. The van der Waals surface area contributed by atoms with E-state index in [1.54, 1.807) is 10.9 Å². The number of carbonyl (C=O) groups is 2. The monoisotopic (exact) mass is 510 g/mol. The molecule has 3 N–H and O–H groups in total. The minimum absolute atomic E-state index is 0.00235. The number of hydrogen-bond acceptors (Lipinski definition) is 7. The van der Waals surface area contributed by atoms with Crippen molar-refractivity contribution >= 4 is 24.0 Å². The third-order valence-electron chi connectivity index (χ3n) is 8.74. The quantitative estimate of drug-likeness (QED) is 0.548. The molecule has 4 bridgehead atoms. The van der Waals surface area contributed by atoms with Crippen LogP contribution in [0.3, 0.4) is 0 Å². The molecule has 2 atom stereocenters. The molecule has 1 saturated heterocycles. The second-order valence-corrected chi connectivity index (χ2v) is 12.1. The fraction of sp³-hybridized carbons (Fsp3) is 0.704. The van der Waals surface area contributed by atoms with Gasteiger partial charge in [0.1, 0.15) is 11.4 Å². The summed E-state index contributed by atoms with van der Waals surface area (Å²) in [6.45, 7) is 6.95. The molecule has 5 aliphatic rings. The molecule has 1 aliphatic heterocycles. The zero-order valence-electron chi connectivity index (χ0n) is 21.8. The first-order chi connectivity index (χ1) is 17.7. The maximum absolute atomic E-state index is 13.7. The number of nitrogens with one attached hydrogen (secondary N) is 1. The first-order valence-corrected chi connectivity index (χ1v) is 13.4. The summed E-state index contributed by atoms with van der Waals surface area (Å²) in [5.74, 6) is 2.04. The van der Waals surface area contributed by atoms with E-state index in [1.165, 1.54) is 0 Å². The van der Waals surface area contributed by atoms with Gasteiger partial charge in [-0.2, -0.15) is 10.4 Å². The molecular formula is C27H38N6O4. The lowest BCUT2D eigenvalue weighted by molar-refractivity contribution is -0.0977. The third-order valence-corrected chi connectivity index (χ3v) is 8.74. The molecule has 6 rings (SSSR count). The van der Waals surface area contributed by atoms with Crippen LogP contribution in [0.5, 0.6) is 0 Å². The first-order valence-electron chi connectivity index (χ1n) is 13.4. The molecule has 0 spiro atoms. The molecule has 5 fully saturated rings. The van der Waals surface area contributed by atoms with Crippen LogP contribution >= 0.6 is 0 Å². The maximum atomic E-state index is 13.7. The maximum Gasteiger partial charge on any atom is 0.404 e. The number of allylic oxidation sites excluding steroid dienone is 1. The number of carbonyl (C=O) groups excluding carboxylic acids is 2. The number of ether oxygens (including phenoxy) is 2. The summed E-state index contributed by atoms with van der Waals surface area (Å²) in [6, 6.07) is 2.34. The van der Waals surface area contributed by atoms with Gasteiger partial charge in [-0.15, -0.1) is 0 Å². The number of nitrogens with two attached hydrogens (primary N) is 1. The molecule has 37 heavy (non-hydrogen) atoms. The predicted molar refractivity (Wildman–Crippen MR) is 137 cm³/mol. The van der Waals surface area contributed by atoms with Crippen molar-refractivity contribution in [2.45, 2.75) is 58.4 Å². The Labute approximate surface area is 218 Å². The molecule has 4 saturated carbocycles. The van der Waals surface area contributed by atoms with Crippen LogP contribution in [-0.2, 0) is 9.47 Å². The minimum atomic E-state index is -0.710. The van der Waals surface area contributed by atoms with Gasteiger partial charge < -0.3 is 25.4 Å². The molecular weight excluding hydrogens is 472 g/mol. The zero-order valence-corrected chi connectivity index (χ0v) is 21.8. The average Bonchev–Trinajstić information content (AvgIpc) is 3.28. The summed E-state index contributed by atoms with van der Waals surface area (Å²) in [5.41, 5.74) is 5.51. The summed E-state index contributed by atoms with van der Waals surface area (Å²) in [6.07, 6.45) is 10.4. The van der Waals surface area contributed by atoms with Gasteiger partial charge in [0.05, 0.1) is 32.1 Å². The van der Waals surface area contributed by atoms with Gasteiger partial charge in [0.2, 0.25) is 0 Å². The lowest BCUT2D eigenvalue weighted by Gasteiger charge is -2.59. The SMILES string of the molecule is CC(C)(/C=C/n1ncc(C(=O)N[C@H]2C3CC4CC2C[C@](COC(N)=O)(C4)C3)c1N1CCOCC1)CC#N. The van der Waals surface area contributed by atoms with Crippen molar-refractivity contribution in [3.8, 4) is 6.07 Å². The van der Waals surface area contributed by atoms with E-state index in [0.717, 1.165) is 37.9 Å². The van der Waals surface area contributed by atoms with Gasteiger partial charge in [-0.25, -0.2) is 9.48 Å². The molecule has 2 heterocycles. The Morgan fingerprint density at radius 1 is 1.30 bits per heavy atom. The second kappa shape index (κ2) is 10.0. The molecule has 1 aromatic heterocycles. The summed E-state index contributed by atoms with van der Waals surface area (Å²) >= 11 is 0. The van der Waals surface area contributed by atoms with Crippen LogP contribution in [0.15, 0.2) is 12.3 Å². The topological polar surface area (TPSA) is 136 Å². The molecule has 4 aliphatic carbocycles. The molecule has 2 unspecified atom stereocenters. The lowest BCUT2D eigenvalue weighted by atomic mass is 9.48. The number of amides is 2. The Hall–Kier alpha value is -3.06. The Bertz CT molecular complexity index is 1080. The van der Waals surface area contributed by atoms with Crippen LogP contribution in [0.4, 0.5) is 10.6 Å². The van der Waals surface area contributed by atoms with Gasteiger partial charge in [-0.1, -0.05) is 19.9 Å². The highest BCUT2D eigenvalue weighted by Crippen LogP contribution is 2.60. The highest BCUT2D eigenvalue weighted by atomic mass is 16.5. The van der Waals surface area contributed by atoms with Crippen LogP contribution < -0.4 is 16.0 Å². The zero-order chi connectivity index (χ0) is 26.2. The Kier molecular flexibility index (Phi) is 6.92. The molecule has 0 aromatic carbocycles. The number of nitriles is 1. The van der Waals surface area contributed by atoms with Crippen molar-refractivity contribution in [2.24, 2.45) is 34.3 Å². The number of anilines is 1. The smallest absolute Gasteiger partial charge is 0.404 e. The van der Waals surface area contributed by atoms with Crippen molar-refractivity contribution in [3.63, 3.8) is 0 Å². The lowest BCUT2D eigenvalue weighted by Crippen LogP contribution is -2.60. The first kappa shape index (κ1) is 25.6. The predicted octanol–water partition coefficient (Wildman–Crippen LogP) is 3.15. The van der Waals surface area contributed by atoms with Crippen molar-refractivity contribution < 1.29 is 19.1 Å². The van der Waals surface area contributed by atoms with E-state index in [4.69, 9.17) is 20.5 Å². The number of aromatic nitrogens is 2. The standard InChI is InChI=1S/C27H38N6O4/c1-26(2,3-5-28)4-6-33-24(32-7-9-36-10-8-32)21(16-30-33)23(34)31-22-19-11-18-12-20(22)15-27(13-18,14-19)17-37-25(29)35/h4,6,16,18-20,22H,3,7-15,17H2,1-2H3,(H2,29,35)(H,31,34)/b6-4+/t18?,19?,20?,22-,27-. The molecule has 0 radical (unpaired) electrons. The Morgan fingerprint density at radius 2 is 2.00 bits per heavy atom. The van der Waals surface area contributed by atoms with Crippen molar-refractivity contribution in [2.75, 3.05) is 37.8 Å². The van der Waals surface area contributed by atoms with Crippen LogP contribution in [0.1, 0.15) is 62.7 Å². The molecule has 10 heteroatoms. The van der Waals surface area contributed by atoms with E-state index in [2.05, 4.69) is 21.4 Å². The molecule has 1 aromatic rings. The van der Waals surface area contributed by atoms with Crippen LogP contribution in [0.2, 0.25) is 0 Å². The third kappa shape index (κ3) is 5.33. The van der Waals surface area contributed by atoms with E-state index < -0.39 is 6.09 Å². The number of nitrogens with zero attached hydrogens (tertiary/aromatic N) is 4. The van der Waals surface area contributed by atoms with Crippen molar-refractivity contribution in [1.82, 2.24) is 15.1 Å². The van der Waals surface area contributed by atoms with E-state index in [0.29, 0.717) is 62.6 Å². The van der Waals surface area contributed by atoms with Gasteiger partial charge in [0.15, 0.2) is 0 Å². The summed E-state index contributed by atoms with van der Waals surface area (Å²) < 4.78 is 12.6. The normalized spacial score (nSPS) is 30.9.